The third-order valence-corrected chi connectivity index (χ3v) is 5.89. The molecule has 2 heterocycles. The molecule has 0 radical (unpaired) electrons. The Labute approximate surface area is 173 Å². The third kappa shape index (κ3) is 4.38. The standard InChI is InChI=1S/C23H30N4O2/c1-25-17-22(28)27(14-11-18-3-9-21(29-2)10-4-18)23(25)19-5-7-20(8-6-19)26-15-12-24-13-16-26/h3-10,23-24H,11-17H2,1-2H3. The van der Waals surface area contributed by atoms with Crippen LogP contribution in [0.4, 0.5) is 5.69 Å². The van der Waals surface area contributed by atoms with Crippen molar-refractivity contribution in [3.8, 4) is 5.75 Å². The van der Waals surface area contributed by atoms with Gasteiger partial charge in [0.1, 0.15) is 11.9 Å². The van der Waals surface area contributed by atoms with Gasteiger partial charge in [-0.25, -0.2) is 0 Å². The Morgan fingerprint density at radius 3 is 2.38 bits per heavy atom. The molecule has 2 aliphatic rings. The third-order valence-electron chi connectivity index (χ3n) is 5.89. The van der Waals surface area contributed by atoms with E-state index in [0.29, 0.717) is 13.1 Å². The number of likely N-dealkylation sites (N-methyl/N-ethyl adjacent to an activating group) is 1. The van der Waals surface area contributed by atoms with Crippen LogP contribution in [0, 0.1) is 0 Å². The van der Waals surface area contributed by atoms with E-state index < -0.39 is 0 Å². The molecule has 29 heavy (non-hydrogen) atoms. The molecule has 4 rings (SSSR count). The van der Waals surface area contributed by atoms with E-state index in [1.807, 2.05) is 24.1 Å². The summed E-state index contributed by atoms with van der Waals surface area (Å²) in [5.74, 6) is 1.05. The van der Waals surface area contributed by atoms with Crippen LogP contribution >= 0.6 is 0 Å². The summed E-state index contributed by atoms with van der Waals surface area (Å²) >= 11 is 0. The number of amides is 1. The van der Waals surface area contributed by atoms with Crippen LogP contribution in [-0.4, -0.2) is 69.1 Å². The molecule has 6 heteroatoms. The lowest BCUT2D eigenvalue weighted by Crippen LogP contribution is -2.43. The molecule has 2 aliphatic heterocycles. The molecule has 2 saturated heterocycles. The summed E-state index contributed by atoms with van der Waals surface area (Å²) in [6.07, 6.45) is 0.830. The molecule has 1 unspecified atom stereocenters. The van der Waals surface area contributed by atoms with Crippen LogP contribution in [0.5, 0.6) is 5.75 Å². The summed E-state index contributed by atoms with van der Waals surface area (Å²) in [4.78, 5) is 19.2. The molecule has 6 nitrogen and oxygen atoms in total. The number of hydrogen-bond donors (Lipinski definition) is 1. The van der Waals surface area contributed by atoms with Crippen LogP contribution in [-0.2, 0) is 11.2 Å². The maximum Gasteiger partial charge on any atom is 0.238 e. The fourth-order valence-electron chi connectivity index (χ4n) is 4.27. The summed E-state index contributed by atoms with van der Waals surface area (Å²) in [5.41, 5.74) is 3.64. The molecule has 1 N–H and O–H groups in total. The summed E-state index contributed by atoms with van der Waals surface area (Å²) < 4.78 is 5.23. The molecule has 0 saturated carbocycles. The van der Waals surface area contributed by atoms with Gasteiger partial charge in [-0.1, -0.05) is 24.3 Å². The highest BCUT2D eigenvalue weighted by Gasteiger charge is 2.36. The number of anilines is 1. The highest BCUT2D eigenvalue weighted by atomic mass is 16.5. The molecular formula is C23H30N4O2. The van der Waals surface area contributed by atoms with E-state index >= 15 is 0 Å². The lowest BCUT2D eigenvalue weighted by molar-refractivity contribution is -0.128. The molecule has 0 aromatic heterocycles. The number of carbonyl (C=O) groups excluding carboxylic acids is 1. The van der Waals surface area contributed by atoms with Gasteiger partial charge < -0.3 is 19.9 Å². The smallest absolute Gasteiger partial charge is 0.238 e. The Hall–Kier alpha value is -2.57. The van der Waals surface area contributed by atoms with Gasteiger partial charge in [0.15, 0.2) is 0 Å². The largest absolute Gasteiger partial charge is 0.497 e. The van der Waals surface area contributed by atoms with E-state index in [2.05, 4.69) is 51.5 Å². The molecule has 2 aromatic carbocycles. The van der Waals surface area contributed by atoms with Gasteiger partial charge >= 0.3 is 0 Å². The van der Waals surface area contributed by atoms with Crippen molar-refractivity contribution >= 4 is 11.6 Å². The molecule has 2 fully saturated rings. The first-order valence-electron chi connectivity index (χ1n) is 10.3. The Balaban J connectivity index is 1.46. The van der Waals surface area contributed by atoms with Gasteiger partial charge in [-0.05, 0) is 48.9 Å². The fraction of sp³-hybridized carbons (Fsp3) is 0.435. The highest BCUT2D eigenvalue weighted by Crippen LogP contribution is 2.31. The van der Waals surface area contributed by atoms with Gasteiger partial charge in [-0.3, -0.25) is 9.69 Å². The first-order valence-corrected chi connectivity index (χ1v) is 10.3. The Morgan fingerprint density at radius 2 is 1.72 bits per heavy atom. The second kappa shape index (κ2) is 8.84. The van der Waals surface area contributed by atoms with Crippen LogP contribution in [0.2, 0.25) is 0 Å². The van der Waals surface area contributed by atoms with Gasteiger partial charge in [0.25, 0.3) is 0 Å². The van der Waals surface area contributed by atoms with Crippen molar-refractivity contribution in [3.63, 3.8) is 0 Å². The van der Waals surface area contributed by atoms with Crippen molar-refractivity contribution in [1.82, 2.24) is 15.1 Å². The van der Waals surface area contributed by atoms with Crippen LogP contribution < -0.4 is 15.0 Å². The first kappa shape index (κ1) is 19.7. The minimum Gasteiger partial charge on any atom is -0.497 e. The van der Waals surface area contributed by atoms with Gasteiger partial charge in [-0.15, -0.1) is 0 Å². The number of benzene rings is 2. The van der Waals surface area contributed by atoms with Crippen molar-refractivity contribution in [1.29, 1.82) is 0 Å². The van der Waals surface area contributed by atoms with Crippen LogP contribution in [0.15, 0.2) is 48.5 Å². The van der Waals surface area contributed by atoms with E-state index in [1.54, 1.807) is 7.11 Å². The summed E-state index contributed by atoms with van der Waals surface area (Å²) in [7, 11) is 3.70. The van der Waals surface area contributed by atoms with E-state index in [9.17, 15) is 4.79 Å². The monoisotopic (exact) mass is 394 g/mol. The lowest BCUT2D eigenvalue weighted by atomic mass is 10.1. The molecule has 2 aromatic rings. The van der Waals surface area contributed by atoms with E-state index in [-0.39, 0.29) is 12.1 Å². The Bertz CT molecular complexity index is 816. The van der Waals surface area contributed by atoms with Gasteiger partial charge in [0.2, 0.25) is 5.91 Å². The van der Waals surface area contributed by atoms with Crippen LogP contribution in [0.1, 0.15) is 17.3 Å². The van der Waals surface area contributed by atoms with Crippen molar-refractivity contribution in [2.75, 3.05) is 58.3 Å². The lowest BCUT2D eigenvalue weighted by Gasteiger charge is -2.31. The summed E-state index contributed by atoms with van der Waals surface area (Å²) in [6, 6.07) is 16.8. The second-order valence-electron chi connectivity index (χ2n) is 7.80. The Kier molecular flexibility index (Phi) is 6.02. The molecular weight excluding hydrogens is 364 g/mol. The average Bonchev–Trinajstić information content (AvgIpc) is 3.06. The molecule has 0 bridgehead atoms. The number of nitrogens with zero attached hydrogens (tertiary/aromatic N) is 3. The second-order valence-corrected chi connectivity index (χ2v) is 7.80. The van der Waals surface area contributed by atoms with Crippen LogP contribution in [0.3, 0.4) is 0 Å². The minimum atomic E-state index is -0.00202. The van der Waals surface area contributed by atoms with Gasteiger partial charge in [-0.2, -0.15) is 0 Å². The van der Waals surface area contributed by atoms with E-state index in [1.165, 1.54) is 16.8 Å². The quantitative estimate of drug-likeness (QED) is 0.813. The number of rotatable bonds is 6. The predicted octanol–water partition coefficient (Wildman–Crippen LogP) is 2.12. The van der Waals surface area contributed by atoms with Crippen molar-refractivity contribution in [3.05, 3.63) is 59.7 Å². The predicted molar refractivity (Wildman–Crippen MR) is 115 cm³/mol. The number of piperazine rings is 1. The number of hydrogen-bond acceptors (Lipinski definition) is 5. The maximum atomic E-state index is 12.7. The van der Waals surface area contributed by atoms with Gasteiger partial charge in [0.05, 0.1) is 13.7 Å². The van der Waals surface area contributed by atoms with E-state index in [0.717, 1.165) is 38.3 Å². The number of methoxy groups -OCH3 is 1. The zero-order chi connectivity index (χ0) is 20.2. The first-order chi connectivity index (χ1) is 14.2. The van der Waals surface area contributed by atoms with E-state index in [4.69, 9.17) is 4.74 Å². The van der Waals surface area contributed by atoms with Crippen molar-refractivity contribution in [2.24, 2.45) is 0 Å². The fourth-order valence-corrected chi connectivity index (χ4v) is 4.27. The SMILES string of the molecule is COc1ccc(CCN2C(=O)CN(C)C2c2ccc(N3CCNCC3)cc2)cc1. The normalized spacial score (nSPS) is 20.3. The average molecular weight is 395 g/mol. The topological polar surface area (TPSA) is 48.1 Å². The molecule has 0 spiro atoms. The summed E-state index contributed by atoms with van der Waals surface area (Å²) in [6.45, 7) is 5.30. The number of nitrogens with one attached hydrogen (secondary N) is 1. The van der Waals surface area contributed by atoms with Crippen molar-refractivity contribution < 1.29 is 9.53 Å². The minimum absolute atomic E-state index is 0.00202. The zero-order valence-corrected chi connectivity index (χ0v) is 17.3. The van der Waals surface area contributed by atoms with Crippen LogP contribution in [0.25, 0.3) is 0 Å². The highest BCUT2D eigenvalue weighted by molar-refractivity contribution is 5.81. The zero-order valence-electron chi connectivity index (χ0n) is 17.3. The number of ether oxygens (including phenoxy) is 1. The number of carbonyl (C=O) groups is 1. The van der Waals surface area contributed by atoms with Gasteiger partial charge in [0, 0.05) is 38.4 Å². The molecule has 1 atom stereocenters. The molecule has 0 aliphatic carbocycles. The molecule has 1 amide bonds. The maximum absolute atomic E-state index is 12.7. The Morgan fingerprint density at radius 1 is 1.03 bits per heavy atom. The summed E-state index contributed by atoms with van der Waals surface area (Å²) in [5, 5.41) is 3.39. The van der Waals surface area contributed by atoms with Crippen molar-refractivity contribution in [2.45, 2.75) is 12.6 Å². The molecule has 154 valence electrons.